The van der Waals surface area contributed by atoms with Crippen molar-refractivity contribution >= 4 is 22.9 Å². The maximum atomic E-state index is 12.0. The van der Waals surface area contributed by atoms with Crippen LogP contribution in [-0.4, -0.2) is 31.3 Å². The summed E-state index contributed by atoms with van der Waals surface area (Å²) in [4.78, 5) is 12.0. The maximum Gasteiger partial charge on any atom is 0.254 e. The molecule has 1 fully saturated rings. The fraction of sp³-hybridized carbons (Fsp3) is 0.429. The molecule has 26 heavy (non-hydrogen) atoms. The first-order valence-corrected chi connectivity index (χ1v) is 9.47. The van der Waals surface area contributed by atoms with Crippen LogP contribution >= 0.6 is 0 Å². The fourth-order valence-electron chi connectivity index (χ4n) is 3.44. The van der Waals surface area contributed by atoms with Crippen LogP contribution in [0.2, 0.25) is 0 Å². The summed E-state index contributed by atoms with van der Waals surface area (Å²) in [6, 6.07) is 12.5. The Kier molecular flexibility index (Phi) is 6.61. The van der Waals surface area contributed by atoms with Crippen molar-refractivity contribution in [1.29, 1.82) is 0 Å². The Hall–Kier alpha value is -2.40. The summed E-state index contributed by atoms with van der Waals surface area (Å²) in [7, 11) is 0. The minimum Gasteiger partial charge on any atom is -0.493 e. The number of ether oxygens (including phenoxy) is 1. The standard InChI is InChI=1S/C21H27N3O2/c1-2-26-20-13-12-16-8-6-7-11-18(16)19(20)14-23-24-21(25)15-22-17-9-4-3-5-10-17/h6-8,11-14,17,22H,2-5,9-10,15H2,1H3,(H,24,25)/b23-14-. The van der Waals surface area contributed by atoms with Crippen molar-refractivity contribution < 1.29 is 9.53 Å². The summed E-state index contributed by atoms with van der Waals surface area (Å²) in [5, 5.41) is 9.64. The van der Waals surface area contributed by atoms with E-state index in [1.807, 2.05) is 37.3 Å². The first-order valence-electron chi connectivity index (χ1n) is 9.47. The molecule has 138 valence electrons. The summed E-state index contributed by atoms with van der Waals surface area (Å²) in [6.45, 7) is 2.83. The van der Waals surface area contributed by atoms with Crippen molar-refractivity contribution in [1.82, 2.24) is 10.7 Å². The highest BCUT2D eigenvalue weighted by Gasteiger charge is 2.13. The first kappa shape index (κ1) is 18.4. The number of nitrogens with zero attached hydrogens (tertiary/aromatic N) is 1. The molecular formula is C21H27N3O2. The normalized spacial score (nSPS) is 15.4. The third-order valence-corrected chi connectivity index (χ3v) is 4.77. The van der Waals surface area contributed by atoms with Gasteiger partial charge in [0.25, 0.3) is 5.91 Å². The number of benzene rings is 2. The van der Waals surface area contributed by atoms with Gasteiger partial charge in [-0.05, 0) is 36.6 Å². The van der Waals surface area contributed by atoms with Gasteiger partial charge in [-0.25, -0.2) is 5.43 Å². The summed E-state index contributed by atoms with van der Waals surface area (Å²) < 4.78 is 5.71. The predicted molar refractivity (Wildman–Crippen MR) is 106 cm³/mol. The van der Waals surface area contributed by atoms with Gasteiger partial charge in [-0.3, -0.25) is 4.79 Å². The van der Waals surface area contributed by atoms with Crippen LogP contribution < -0.4 is 15.5 Å². The highest BCUT2D eigenvalue weighted by molar-refractivity contribution is 6.02. The van der Waals surface area contributed by atoms with Crippen molar-refractivity contribution in [3.63, 3.8) is 0 Å². The molecule has 0 aliphatic heterocycles. The number of amides is 1. The molecule has 2 aromatic carbocycles. The second kappa shape index (κ2) is 9.34. The van der Waals surface area contributed by atoms with Crippen molar-refractivity contribution in [3.8, 4) is 5.75 Å². The van der Waals surface area contributed by atoms with E-state index in [1.165, 1.54) is 19.3 Å². The summed E-state index contributed by atoms with van der Waals surface area (Å²) in [5.74, 6) is 0.648. The van der Waals surface area contributed by atoms with Crippen molar-refractivity contribution in [3.05, 3.63) is 42.0 Å². The van der Waals surface area contributed by atoms with Gasteiger partial charge in [0.1, 0.15) is 5.75 Å². The van der Waals surface area contributed by atoms with Crippen molar-refractivity contribution in [2.45, 2.75) is 45.1 Å². The van der Waals surface area contributed by atoms with E-state index < -0.39 is 0 Å². The Morgan fingerprint density at radius 2 is 2.00 bits per heavy atom. The van der Waals surface area contributed by atoms with Gasteiger partial charge in [-0.2, -0.15) is 5.10 Å². The maximum absolute atomic E-state index is 12.0. The van der Waals surface area contributed by atoms with E-state index in [9.17, 15) is 4.79 Å². The second-order valence-corrected chi connectivity index (χ2v) is 6.64. The van der Waals surface area contributed by atoms with Gasteiger partial charge < -0.3 is 10.1 Å². The molecular weight excluding hydrogens is 326 g/mol. The van der Waals surface area contributed by atoms with E-state index in [2.05, 4.69) is 21.9 Å². The minimum absolute atomic E-state index is 0.120. The van der Waals surface area contributed by atoms with Crippen LogP contribution in [0, 0.1) is 0 Å². The van der Waals surface area contributed by atoms with Crippen LogP contribution in [0.3, 0.4) is 0 Å². The van der Waals surface area contributed by atoms with E-state index in [4.69, 9.17) is 4.74 Å². The molecule has 5 nitrogen and oxygen atoms in total. The lowest BCUT2D eigenvalue weighted by molar-refractivity contribution is -0.120. The second-order valence-electron chi connectivity index (χ2n) is 6.64. The van der Waals surface area contributed by atoms with Gasteiger partial charge >= 0.3 is 0 Å². The Balaban J connectivity index is 1.63. The zero-order chi connectivity index (χ0) is 18.2. The number of hydrogen-bond acceptors (Lipinski definition) is 4. The third kappa shape index (κ3) is 4.82. The van der Waals surface area contributed by atoms with E-state index in [0.717, 1.165) is 34.9 Å². The molecule has 3 rings (SSSR count). The average molecular weight is 353 g/mol. The molecule has 0 spiro atoms. The molecule has 2 N–H and O–H groups in total. The van der Waals surface area contributed by atoms with Crippen LogP contribution in [-0.2, 0) is 4.79 Å². The molecule has 0 unspecified atom stereocenters. The monoisotopic (exact) mass is 353 g/mol. The molecule has 1 aliphatic rings. The quantitative estimate of drug-likeness (QED) is 0.590. The zero-order valence-corrected chi connectivity index (χ0v) is 15.3. The molecule has 0 bridgehead atoms. The predicted octanol–water partition coefficient (Wildman–Crippen LogP) is 3.61. The van der Waals surface area contributed by atoms with Gasteiger partial charge in [0.2, 0.25) is 0 Å². The van der Waals surface area contributed by atoms with Gasteiger partial charge in [0.15, 0.2) is 0 Å². The number of carbonyl (C=O) groups excluding carboxylic acids is 1. The third-order valence-electron chi connectivity index (χ3n) is 4.77. The lowest BCUT2D eigenvalue weighted by atomic mass is 9.95. The molecule has 0 saturated heterocycles. The van der Waals surface area contributed by atoms with Crippen LogP contribution in [0.5, 0.6) is 5.75 Å². The first-order chi connectivity index (χ1) is 12.8. The van der Waals surface area contributed by atoms with E-state index in [-0.39, 0.29) is 5.91 Å². The van der Waals surface area contributed by atoms with Crippen LogP contribution in [0.15, 0.2) is 41.5 Å². The van der Waals surface area contributed by atoms with Gasteiger partial charge in [0.05, 0.1) is 19.4 Å². The number of carbonyl (C=O) groups is 1. The molecule has 2 aromatic rings. The SMILES string of the molecule is CCOc1ccc2ccccc2c1/C=N\NC(=O)CNC1CCCCC1. The molecule has 5 heteroatoms. The smallest absolute Gasteiger partial charge is 0.254 e. The number of rotatable bonds is 7. The molecule has 1 saturated carbocycles. The van der Waals surface area contributed by atoms with Crippen LogP contribution in [0.1, 0.15) is 44.6 Å². The minimum atomic E-state index is -0.120. The lowest BCUT2D eigenvalue weighted by Crippen LogP contribution is -2.38. The molecule has 1 aliphatic carbocycles. The fourth-order valence-corrected chi connectivity index (χ4v) is 3.44. The summed E-state index contributed by atoms with van der Waals surface area (Å²) in [6.07, 6.45) is 7.79. The zero-order valence-electron chi connectivity index (χ0n) is 15.3. The average Bonchev–Trinajstić information content (AvgIpc) is 2.69. The van der Waals surface area contributed by atoms with E-state index in [1.54, 1.807) is 6.21 Å². The van der Waals surface area contributed by atoms with Crippen LogP contribution in [0.25, 0.3) is 10.8 Å². The van der Waals surface area contributed by atoms with Crippen molar-refractivity contribution in [2.75, 3.05) is 13.2 Å². The highest BCUT2D eigenvalue weighted by atomic mass is 16.5. The molecule has 0 atom stereocenters. The molecule has 0 aromatic heterocycles. The molecule has 0 heterocycles. The Bertz CT molecular complexity index is 767. The summed E-state index contributed by atoms with van der Waals surface area (Å²) in [5.41, 5.74) is 3.50. The topological polar surface area (TPSA) is 62.7 Å². The van der Waals surface area contributed by atoms with Crippen LogP contribution in [0.4, 0.5) is 0 Å². The number of nitrogens with one attached hydrogen (secondary N) is 2. The number of hydrazone groups is 1. The largest absolute Gasteiger partial charge is 0.493 e. The lowest BCUT2D eigenvalue weighted by Gasteiger charge is -2.22. The number of fused-ring (bicyclic) bond motifs is 1. The van der Waals surface area contributed by atoms with Crippen molar-refractivity contribution in [2.24, 2.45) is 5.10 Å². The van der Waals surface area contributed by atoms with E-state index >= 15 is 0 Å². The number of hydrogen-bond donors (Lipinski definition) is 2. The van der Waals surface area contributed by atoms with E-state index in [0.29, 0.717) is 19.2 Å². The highest BCUT2D eigenvalue weighted by Crippen LogP contribution is 2.26. The Labute approximate surface area is 154 Å². The Morgan fingerprint density at radius 3 is 2.81 bits per heavy atom. The van der Waals surface area contributed by atoms with Gasteiger partial charge in [-0.15, -0.1) is 0 Å². The Morgan fingerprint density at radius 1 is 1.19 bits per heavy atom. The molecule has 0 radical (unpaired) electrons. The van der Waals surface area contributed by atoms with Gasteiger partial charge in [0, 0.05) is 11.6 Å². The summed E-state index contributed by atoms with van der Waals surface area (Å²) >= 11 is 0. The van der Waals surface area contributed by atoms with Gasteiger partial charge in [-0.1, -0.05) is 49.6 Å². The molecule has 1 amide bonds.